The summed E-state index contributed by atoms with van der Waals surface area (Å²) in [6.45, 7) is 4.06. The number of carbonyl (C=O) groups is 2. The average Bonchev–Trinajstić information content (AvgIpc) is 3.10. The Labute approximate surface area is 180 Å². The number of likely N-dealkylation sites (tertiary alicyclic amines) is 1. The van der Waals surface area contributed by atoms with Crippen LogP contribution in [0, 0.1) is 36.0 Å². The van der Waals surface area contributed by atoms with Crippen molar-refractivity contribution < 1.29 is 14.3 Å². The van der Waals surface area contributed by atoms with Gasteiger partial charge in [0.05, 0.1) is 17.7 Å². The van der Waals surface area contributed by atoms with Crippen molar-refractivity contribution in [3.05, 3.63) is 45.7 Å². The van der Waals surface area contributed by atoms with Crippen LogP contribution >= 0.6 is 11.3 Å². The van der Waals surface area contributed by atoms with Gasteiger partial charge in [0, 0.05) is 24.5 Å². The van der Waals surface area contributed by atoms with Crippen LogP contribution in [0.5, 0.6) is 0 Å². The van der Waals surface area contributed by atoms with E-state index in [0.29, 0.717) is 30.7 Å². The molecule has 4 aliphatic rings. The Kier molecular flexibility index (Phi) is 4.81. The third-order valence-corrected chi connectivity index (χ3v) is 7.43. The maximum Gasteiger partial charge on any atom is 0.410 e. The van der Waals surface area contributed by atoms with Crippen molar-refractivity contribution in [2.45, 2.75) is 25.4 Å². The number of nitrogens with zero attached hydrogens (tertiary/aromatic N) is 1. The van der Waals surface area contributed by atoms with Gasteiger partial charge in [-0.25, -0.2) is 4.79 Å². The van der Waals surface area contributed by atoms with Gasteiger partial charge in [-0.3, -0.25) is 4.79 Å². The first kappa shape index (κ1) is 19.2. The highest BCUT2D eigenvalue weighted by molar-refractivity contribution is 7.15. The van der Waals surface area contributed by atoms with E-state index >= 15 is 0 Å². The zero-order chi connectivity index (χ0) is 20.7. The molecular weight excluding hydrogens is 396 g/mol. The van der Waals surface area contributed by atoms with Crippen LogP contribution in [-0.4, -0.2) is 42.1 Å². The van der Waals surface area contributed by atoms with Gasteiger partial charge in [0.2, 0.25) is 0 Å². The SMILES string of the molecule is CC1(OC(=O)N2C[C@@H]3C(CCNC(=O)c4cc5c(s4)C=C=CC=C5)[C@@H]3C2)[CH]C#CC1. The van der Waals surface area contributed by atoms with Gasteiger partial charge < -0.3 is 15.0 Å². The summed E-state index contributed by atoms with van der Waals surface area (Å²) in [6.07, 6.45) is 10.8. The van der Waals surface area contributed by atoms with Gasteiger partial charge in [0.25, 0.3) is 5.91 Å². The quantitative estimate of drug-likeness (QED) is 0.584. The summed E-state index contributed by atoms with van der Waals surface area (Å²) in [5.74, 6) is 7.47. The van der Waals surface area contributed by atoms with Crippen molar-refractivity contribution in [3.8, 4) is 11.8 Å². The number of rotatable bonds is 5. The fourth-order valence-electron chi connectivity index (χ4n) is 4.58. The Balaban J connectivity index is 1.05. The Morgan fingerprint density at radius 2 is 2.20 bits per heavy atom. The first-order chi connectivity index (χ1) is 14.5. The van der Waals surface area contributed by atoms with Crippen LogP contribution in [0.3, 0.4) is 0 Å². The third kappa shape index (κ3) is 3.71. The number of hydrogen-bond donors (Lipinski definition) is 1. The van der Waals surface area contributed by atoms with Crippen molar-refractivity contribution in [1.29, 1.82) is 0 Å². The summed E-state index contributed by atoms with van der Waals surface area (Å²) in [5, 5.41) is 3.05. The van der Waals surface area contributed by atoms with Crippen molar-refractivity contribution in [2.24, 2.45) is 17.8 Å². The van der Waals surface area contributed by atoms with Gasteiger partial charge in [-0.1, -0.05) is 24.0 Å². The van der Waals surface area contributed by atoms with E-state index < -0.39 is 5.60 Å². The van der Waals surface area contributed by atoms with Crippen LogP contribution in [0.2, 0.25) is 0 Å². The predicted octanol–water partition coefficient (Wildman–Crippen LogP) is 3.75. The molecule has 153 valence electrons. The molecule has 2 unspecified atom stereocenters. The molecule has 30 heavy (non-hydrogen) atoms. The lowest BCUT2D eigenvalue weighted by Crippen LogP contribution is -2.39. The summed E-state index contributed by atoms with van der Waals surface area (Å²) in [6, 6.07) is 1.94. The fraction of sp³-hybridized carbons (Fsp3) is 0.417. The molecule has 0 spiro atoms. The molecule has 1 N–H and O–H groups in total. The smallest absolute Gasteiger partial charge is 0.410 e. The number of amides is 2. The second-order valence-electron chi connectivity index (χ2n) is 8.53. The molecule has 1 aromatic rings. The number of piperidine rings is 1. The first-order valence-electron chi connectivity index (χ1n) is 10.3. The molecule has 0 bridgehead atoms. The summed E-state index contributed by atoms with van der Waals surface area (Å²) in [7, 11) is 0. The van der Waals surface area contributed by atoms with E-state index in [1.54, 1.807) is 6.42 Å². The van der Waals surface area contributed by atoms with Crippen molar-refractivity contribution in [1.82, 2.24) is 10.2 Å². The number of ether oxygens (including phenoxy) is 1. The topological polar surface area (TPSA) is 58.6 Å². The number of allylic oxidation sites excluding steroid dienone is 2. The van der Waals surface area contributed by atoms with E-state index in [9.17, 15) is 9.59 Å². The summed E-state index contributed by atoms with van der Waals surface area (Å²) in [4.78, 5) is 28.5. The Morgan fingerprint density at radius 3 is 2.97 bits per heavy atom. The van der Waals surface area contributed by atoms with E-state index in [-0.39, 0.29) is 12.0 Å². The number of nitrogens with one attached hydrogen (secondary N) is 1. The number of carbonyl (C=O) groups excluding carboxylic acids is 2. The van der Waals surface area contributed by atoms with Gasteiger partial charge in [-0.05, 0) is 54.9 Å². The molecule has 3 aliphatic carbocycles. The summed E-state index contributed by atoms with van der Waals surface area (Å²) in [5.41, 5.74) is 3.53. The van der Waals surface area contributed by atoms with Crippen LogP contribution in [0.25, 0.3) is 12.2 Å². The van der Waals surface area contributed by atoms with Crippen LogP contribution in [0.4, 0.5) is 4.79 Å². The summed E-state index contributed by atoms with van der Waals surface area (Å²) < 4.78 is 5.63. The molecule has 2 amide bonds. The van der Waals surface area contributed by atoms with Gasteiger partial charge in [-0.2, -0.15) is 0 Å². The van der Waals surface area contributed by atoms with E-state index in [4.69, 9.17) is 4.74 Å². The zero-order valence-electron chi connectivity index (χ0n) is 16.8. The van der Waals surface area contributed by atoms with E-state index in [2.05, 4.69) is 22.9 Å². The lowest BCUT2D eigenvalue weighted by Gasteiger charge is -2.27. The molecule has 1 radical (unpaired) electrons. The molecule has 6 heteroatoms. The molecule has 2 heterocycles. The highest BCUT2D eigenvalue weighted by Gasteiger charge is 2.56. The number of fused-ring (bicyclic) bond motifs is 2. The van der Waals surface area contributed by atoms with E-state index in [0.717, 1.165) is 34.8 Å². The molecule has 1 aliphatic heterocycles. The predicted molar refractivity (Wildman–Crippen MR) is 116 cm³/mol. The van der Waals surface area contributed by atoms with E-state index in [1.165, 1.54) is 11.3 Å². The Morgan fingerprint density at radius 1 is 1.37 bits per heavy atom. The standard InChI is InChI=1S/C24H23N2O3S/c1-24(10-5-6-11-24)29-23(28)26-14-18-17(19(18)15-26)9-12-25-22(27)21-13-16-7-3-2-4-8-20(16)30-21/h2-3,7-8,10,13,17-19H,9,11-12,14-15H2,1H3,(H,25,27)/t17?,18-,19+,24?. The van der Waals surface area contributed by atoms with Gasteiger partial charge in [-0.15, -0.1) is 17.1 Å². The lowest BCUT2D eigenvalue weighted by molar-refractivity contribution is 0.0311. The van der Waals surface area contributed by atoms with Gasteiger partial charge in [0.1, 0.15) is 5.60 Å². The fourth-order valence-corrected chi connectivity index (χ4v) is 5.54. The largest absolute Gasteiger partial charge is 0.441 e. The van der Waals surface area contributed by atoms with Crippen molar-refractivity contribution in [3.63, 3.8) is 0 Å². The molecule has 4 atom stereocenters. The third-order valence-electron chi connectivity index (χ3n) is 6.33. The number of hydrogen-bond acceptors (Lipinski definition) is 4. The highest BCUT2D eigenvalue weighted by atomic mass is 32.1. The molecule has 1 aromatic heterocycles. The van der Waals surface area contributed by atoms with Crippen molar-refractivity contribution in [2.75, 3.05) is 19.6 Å². The molecule has 1 saturated heterocycles. The minimum absolute atomic E-state index is 0.0156. The lowest BCUT2D eigenvalue weighted by atomic mass is 10.0. The normalized spacial score (nSPS) is 26.4. The second-order valence-corrected chi connectivity index (χ2v) is 9.61. The second kappa shape index (κ2) is 7.50. The molecule has 5 rings (SSSR count). The van der Waals surface area contributed by atoms with Crippen LogP contribution in [-0.2, 0) is 4.74 Å². The highest BCUT2D eigenvalue weighted by Crippen LogP contribution is 2.53. The molecule has 5 nitrogen and oxygen atoms in total. The first-order valence-corrected chi connectivity index (χ1v) is 11.2. The Hall–Kier alpha value is -2.74. The zero-order valence-corrected chi connectivity index (χ0v) is 17.6. The summed E-state index contributed by atoms with van der Waals surface area (Å²) >= 11 is 1.49. The molecule has 1 saturated carbocycles. The minimum atomic E-state index is -0.602. The maximum atomic E-state index is 12.5. The molecular formula is C24H23N2O3S. The maximum absolute atomic E-state index is 12.5. The average molecular weight is 420 g/mol. The minimum Gasteiger partial charge on any atom is -0.441 e. The number of thiophene rings is 1. The Bertz CT molecular complexity index is 1030. The van der Waals surface area contributed by atoms with E-state index in [1.807, 2.05) is 42.2 Å². The van der Waals surface area contributed by atoms with Crippen LogP contribution in [0.1, 0.15) is 39.9 Å². The van der Waals surface area contributed by atoms with Gasteiger partial charge in [0.15, 0.2) is 0 Å². The molecule has 2 fully saturated rings. The van der Waals surface area contributed by atoms with Crippen LogP contribution < -0.4 is 5.32 Å². The van der Waals surface area contributed by atoms with Crippen LogP contribution in [0.15, 0.2) is 23.9 Å². The monoisotopic (exact) mass is 419 g/mol. The van der Waals surface area contributed by atoms with Crippen molar-refractivity contribution >= 4 is 35.5 Å². The molecule has 0 aromatic carbocycles. The van der Waals surface area contributed by atoms with Gasteiger partial charge >= 0.3 is 6.09 Å².